The zero-order valence-electron chi connectivity index (χ0n) is 13.1. The van der Waals surface area contributed by atoms with Crippen LogP contribution in [-0.2, 0) is 6.54 Å². The average Bonchev–Trinajstić information content (AvgIpc) is 3.00. The lowest BCUT2D eigenvalue weighted by Crippen LogP contribution is -2.46. The van der Waals surface area contributed by atoms with Gasteiger partial charge in [0.05, 0.1) is 0 Å². The van der Waals surface area contributed by atoms with Crippen LogP contribution in [0.15, 0.2) is 41.2 Å². The monoisotopic (exact) mass is 309 g/mol. The van der Waals surface area contributed by atoms with E-state index in [1.54, 1.807) is 0 Å². The minimum atomic E-state index is 0.819. The first-order valence-corrected chi connectivity index (χ1v) is 7.89. The predicted octanol–water partition coefficient (Wildman–Crippen LogP) is 2.25. The van der Waals surface area contributed by atoms with Gasteiger partial charge in [-0.2, -0.15) is 0 Å². The fourth-order valence-electron chi connectivity index (χ4n) is 2.92. The molecule has 0 N–H and O–H groups in total. The first-order valence-electron chi connectivity index (χ1n) is 7.89. The molecule has 6 heteroatoms. The molecule has 0 bridgehead atoms. The number of nitrogens with zero attached hydrogens (tertiary/aromatic N) is 5. The molecule has 1 aromatic carbocycles. The van der Waals surface area contributed by atoms with Gasteiger partial charge >= 0.3 is 0 Å². The molecule has 1 saturated heterocycles. The molecule has 3 aromatic rings. The standard InChI is InChI=1S/C17H19N5O/c1-13-10-18-17(19-11-13)22-8-6-21(7-9-22)12-15-14-4-2-3-5-16(14)23-20-15/h2-5,10-11H,6-9,12H2,1H3. The molecule has 0 aliphatic carbocycles. The molecule has 1 fully saturated rings. The van der Waals surface area contributed by atoms with Gasteiger partial charge in [0.2, 0.25) is 5.95 Å². The van der Waals surface area contributed by atoms with Crippen LogP contribution in [0.5, 0.6) is 0 Å². The maximum absolute atomic E-state index is 5.39. The van der Waals surface area contributed by atoms with Crippen molar-refractivity contribution in [3.05, 3.63) is 47.9 Å². The highest BCUT2D eigenvalue weighted by molar-refractivity contribution is 5.79. The first kappa shape index (κ1) is 14.1. The number of fused-ring (bicyclic) bond motifs is 1. The summed E-state index contributed by atoms with van der Waals surface area (Å²) in [5.41, 5.74) is 2.96. The molecule has 118 valence electrons. The topological polar surface area (TPSA) is 58.3 Å². The van der Waals surface area contributed by atoms with Crippen LogP contribution in [0.2, 0.25) is 0 Å². The molecule has 3 heterocycles. The highest BCUT2D eigenvalue weighted by Crippen LogP contribution is 2.20. The van der Waals surface area contributed by atoms with Crippen molar-refractivity contribution in [2.24, 2.45) is 0 Å². The lowest BCUT2D eigenvalue weighted by Gasteiger charge is -2.34. The third-order valence-electron chi connectivity index (χ3n) is 4.25. The average molecular weight is 309 g/mol. The van der Waals surface area contributed by atoms with Crippen LogP contribution in [0, 0.1) is 6.92 Å². The number of hydrogen-bond donors (Lipinski definition) is 0. The van der Waals surface area contributed by atoms with Gasteiger partial charge in [-0.1, -0.05) is 17.3 Å². The third-order valence-corrected chi connectivity index (χ3v) is 4.25. The van der Waals surface area contributed by atoms with Crippen molar-refractivity contribution in [2.75, 3.05) is 31.1 Å². The molecule has 23 heavy (non-hydrogen) atoms. The summed E-state index contributed by atoms with van der Waals surface area (Å²) in [7, 11) is 0. The summed E-state index contributed by atoms with van der Waals surface area (Å²) >= 11 is 0. The lowest BCUT2D eigenvalue weighted by atomic mass is 10.2. The Morgan fingerprint density at radius 2 is 1.78 bits per heavy atom. The van der Waals surface area contributed by atoms with Crippen molar-refractivity contribution >= 4 is 16.9 Å². The van der Waals surface area contributed by atoms with Crippen molar-refractivity contribution in [3.8, 4) is 0 Å². The van der Waals surface area contributed by atoms with E-state index in [1.165, 1.54) is 0 Å². The number of aromatic nitrogens is 3. The maximum atomic E-state index is 5.39. The van der Waals surface area contributed by atoms with E-state index in [9.17, 15) is 0 Å². The number of hydrogen-bond acceptors (Lipinski definition) is 6. The summed E-state index contributed by atoms with van der Waals surface area (Å²) in [6, 6.07) is 8.02. The van der Waals surface area contributed by atoms with Crippen LogP contribution in [0.4, 0.5) is 5.95 Å². The highest BCUT2D eigenvalue weighted by atomic mass is 16.5. The molecule has 4 rings (SSSR count). The van der Waals surface area contributed by atoms with Gasteiger partial charge in [-0.3, -0.25) is 4.90 Å². The Kier molecular flexibility index (Phi) is 3.67. The summed E-state index contributed by atoms with van der Waals surface area (Å²) < 4.78 is 5.39. The molecule has 0 spiro atoms. The van der Waals surface area contributed by atoms with Gasteiger partial charge in [0, 0.05) is 50.5 Å². The van der Waals surface area contributed by atoms with E-state index in [0.29, 0.717) is 0 Å². The Hall–Kier alpha value is -2.47. The van der Waals surface area contributed by atoms with E-state index in [2.05, 4.69) is 31.0 Å². The number of anilines is 1. The molecule has 0 saturated carbocycles. The molecule has 1 aliphatic heterocycles. The number of para-hydroxylation sites is 1. The van der Waals surface area contributed by atoms with E-state index in [-0.39, 0.29) is 0 Å². The van der Waals surface area contributed by atoms with Crippen LogP contribution in [0.3, 0.4) is 0 Å². The molecular weight excluding hydrogens is 290 g/mol. The van der Waals surface area contributed by atoms with Crippen LogP contribution in [-0.4, -0.2) is 46.2 Å². The van der Waals surface area contributed by atoms with Gasteiger partial charge in [-0.15, -0.1) is 0 Å². The summed E-state index contributed by atoms with van der Waals surface area (Å²) in [6.45, 7) is 6.62. The smallest absolute Gasteiger partial charge is 0.225 e. The van der Waals surface area contributed by atoms with E-state index in [4.69, 9.17) is 4.52 Å². The molecule has 0 amide bonds. The zero-order valence-corrected chi connectivity index (χ0v) is 13.1. The van der Waals surface area contributed by atoms with Crippen LogP contribution < -0.4 is 4.90 Å². The highest BCUT2D eigenvalue weighted by Gasteiger charge is 2.20. The fraction of sp³-hybridized carbons (Fsp3) is 0.353. The molecule has 2 aromatic heterocycles. The Bertz CT molecular complexity index is 790. The van der Waals surface area contributed by atoms with Gasteiger partial charge in [-0.25, -0.2) is 9.97 Å². The molecule has 0 atom stereocenters. The third kappa shape index (κ3) is 2.90. The van der Waals surface area contributed by atoms with E-state index >= 15 is 0 Å². The Morgan fingerprint density at radius 3 is 2.57 bits per heavy atom. The molecule has 1 aliphatic rings. The van der Waals surface area contributed by atoms with Gasteiger partial charge in [0.15, 0.2) is 5.58 Å². The Balaban J connectivity index is 1.41. The van der Waals surface area contributed by atoms with E-state index in [0.717, 1.165) is 60.9 Å². The minimum absolute atomic E-state index is 0.819. The molecule has 0 unspecified atom stereocenters. The second kappa shape index (κ2) is 5.96. The van der Waals surface area contributed by atoms with Crippen LogP contribution in [0.25, 0.3) is 11.0 Å². The van der Waals surface area contributed by atoms with Crippen LogP contribution in [0.1, 0.15) is 11.3 Å². The van der Waals surface area contributed by atoms with E-state index < -0.39 is 0 Å². The largest absolute Gasteiger partial charge is 0.356 e. The van der Waals surface area contributed by atoms with Gasteiger partial charge in [-0.05, 0) is 24.6 Å². The van der Waals surface area contributed by atoms with Crippen molar-refractivity contribution in [3.63, 3.8) is 0 Å². The Labute approximate surface area is 134 Å². The summed E-state index contributed by atoms with van der Waals surface area (Å²) in [4.78, 5) is 13.5. The SMILES string of the molecule is Cc1cnc(N2CCN(Cc3noc4ccccc34)CC2)nc1. The quantitative estimate of drug-likeness (QED) is 0.739. The van der Waals surface area contributed by atoms with Gasteiger partial charge < -0.3 is 9.42 Å². The maximum Gasteiger partial charge on any atom is 0.225 e. The minimum Gasteiger partial charge on any atom is -0.356 e. The molecule has 6 nitrogen and oxygen atoms in total. The summed E-state index contributed by atoms with van der Waals surface area (Å²) in [6.07, 6.45) is 3.74. The number of piperazine rings is 1. The van der Waals surface area contributed by atoms with Crippen molar-refractivity contribution in [1.82, 2.24) is 20.0 Å². The van der Waals surface area contributed by atoms with Gasteiger partial charge in [0.1, 0.15) is 5.69 Å². The second-order valence-corrected chi connectivity index (χ2v) is 5.95. The number of aryl methyl sites for hydroxylation is 1. The van der Waals surface area contributed by atoms with Crippen molar-refractivity contribution in [2.45, 2.75) is 13.5 Å². The number of rotatable bonds is 3. The normalized spacial score (nSPS) is 16.1. The zero-order chi connectivity index (χ0) is 15.6. The first-order chi connectivity index (χ1) is 11.3. The number of benzene rings is 1. The fourth-order valence-corrected chi connectivity index (χ4v) is 2.92. The van der Waals surface area contributed by atoms with E-state index in [1.807, 2.05) is 37.5 Å². The van der Waals surface area contributed by atoms with Crippen molar-refractivity contribution < 1.29 is 4.52 Å². The summed E-state index contributed by atoms with van der Waals surface area (Å²) in [5, 5.41) is 5.33. The Morgan fingerprint density at radius 1 is 1.04 bits per heavy atom. The molecular formula is C17H19N5O. The lowest BCUT2D eigenvalue weighted by molar-refractivity contribution is 0.242. The van der Waals surface area contributed by atoms with Crippen molar-refractivity contribution in [1.29, 1.82) is 0 Å². The predicted molar refractivity (Wildman–Crippen MR) is 88.3 cm³/mol. The summed E-state index contributed by atoms with van der Waals surface area (Å²) in [5.74, 6) is 0.821. The molecule has 0 radical (unpaired) electrons. The second-order valence-electron chi connectivity index (χ2n) is 5.95. The van der Waals surface area contributed by atoms with Gasteiger partial charge in [0.25, 0.3) is 0 Å². The van der Waals surface area contributed by atoms with Crippen LogP contribution >= 0.6 is 0 Å².